The van der Waals surface area contributed by atoms with Gasteiger partial charge >= 0.3 is 7.12 Å². The van der Waals surface area contributed by atoms with Crippen molar-refractivity contribution in [2.24, 2.45) is 0 Å². The second-order valence-corrected chi connectivity index (χ2v) is 20.2. The van der Waals surface area contributed by atoms with Crippen LogP contribution in [0.5, 0.6) is 0 Å². The molecular formula is C70H49BBr2O2. The van der Waals surface area contributed by atoms with Crippen molar-refractivity contribution in [2.75, 3.05) is 0 Å². The molecular weight excluding hydrogens is 1040 g/mol. The Kier molecular flexibility index (Phi) is 14.7. The molecule has 0 radical (unpaired) electrons. The molecule has 0 aromatic heterocycles. The summed E-state index contributed by atoms with van der Waals surface area (Å²) in [6.45, 7) is 0. The first kappa shape index (κ1) is 49.1. The van der Waals surface area contributed by atoms with Crippen molar-refractivity contribution in [3.05, 3.63) is 294 Å². The Morgan fingerprint density at radius 3 is 0.733 bits per heavy atom. The maximum atomic E-state index is 8.58. The summed E-state index contributed by atoms with van der Waals surface area (Å²) in [7, 11) is -1.34. The number of hydrogen-bond acceptors (Lipinski definition) is 2. The Balaban J connectivity index is 0.000000142. The number of rotatable bonds is 7. The first-order valence-corrected chi connectivity index (χ1v) is 26.6. The molecule has 13 aromatic rings. The van der Waals surface area contributed by atoms with Crippen LogP contribution >= 0.6 is 31.9 Å². The Labute approximate surface area is 455 Å². The van der Waals surface area contributed by atoms with Crippen molar-refractivity contribution < 1.29 is 10.0 Å². The van der Waals surface area contributed by atoms with Crippen molar-refractivity contribution in [2.45, 2.75) is 0 Å². The number of fused-ring (bicyclic) bond motifs is 4. The molecule has 75 heavy (non-hydrogen) atoms. The van der Waals surface area contributed by atoms with Gasteiger partial charge in [0.25, 0.3) is 0 Å². The first-order chi connectivity index (χ1) is 36.9. The average molecular weight is 1090 g/mol. The molecule has 0 bridgehead atoms. The van der Waals surface area contributed by atoms with Crippen LogP contribution in [-0.2, 0) is 0 Å². The van der Waals surface area contributed by atoms with E-state index in [1.54, 1.807) is 24.3 Å². The average Bonchev–Trinajstić information content (AvgIpc) is 3.52. The molecule has 0 spiro atoms. The second kappa shape index (κ2) is 22.5. The Morgan fingerprint density at radius 1 is 0.213 bits per heavy atom. The quantitative estimate of drug-likeness (QED) is 0.123. The Bertz CT molecular complexity index is 3900. The molecule has 0 heterocycles. The fourth-order valence-corrected chi connectivity index (χ4v) is 11.0. The van der Waals surface area contributed by atoms with Crippen LogP contribution in [-0.4, -0.2) is 17.2 Å². The van der Waals surface area contributed by atoms with Gasteiger partial charge in [-0.1, -0.05) is 281 Å². The van der Waals surface area contributed by atoms with E-state index in [4.69, 9.17) is 10.0 Å². The third-order valence-corrected chi connectivity index (χ3v) is 14.7. The molecule has 13 rings (SSSR count). The summed E-state index contributed by atoms with van der Waals surface area (Å²) in [4.78, 5) is 0. The SMILES string of the molecule is Brc1ccc2c(-c3ccccc3)c3ccc(Br)cc3c(-c3ccccc3)c2c1.OB(O)c1ccccc1.c1ccc(-c2ccc3c(-c4ccccc4)c4ccc(-c5ccccc5)cc4c(-c4ccccc4)c3c2)cc1. The first-order valence-electron chi connectivity index (χ1n) is 25.0. The van der Waals surface area contributed by atoms with Gasteiger partial charge in [-0.2, -0.15) is 0 Å². The van der Waals surface area contributed by atoms with Crippen LogP contribution in [0.15, 0.2) is 294 Å². The zero-order valence-electron chi connectivity index (χ0n) is 40.9. The molecule has 5 heteroatoms. The normalized spacial score (nSPS) is 10.9. The van der Waals surface area contributed by atoms with E-state index in [2.05, 4.69) is 287 Å². The summed E-state index contributed by atoms with van der Waals surface area (Å²) in [5.74, 6) is 0. The van der Waals surface area contributed by atoms with Crippen LogP contribution in [0.1, 0.15) is 0 Å². The number of hydrogen-bond donors (Lipinski definition) is 2. The van der Waals surface area contributed by atoms with Crippen LogP contribution < -0.4 is 5.46 Å². The van der Waals surface area contributed by atoms with E-state index in [-0.39, 0.29) is 0 Å². The van der Waals surface area contributed by atoms with Gasteiger partial charge in [0, 0.05) is 8.95 Å². The maximum Gasteiger partial charge on any atom is 0.488 e. The third-order valence-electron chi connectivity index (χ3n) is 13.7. The van der Waals surface area contributed by atoms with Crippen LogP contribution in [0.4, 0.5) is 0 Å². The zero-order chi connectivity index (χ0) is 51.1. The van der Waals surface area contributed by atoms with Crippen LogP contribution in [0.25, 0.3) is 110 Å². The molecule has 13 aromatic carbocycles. The van der Waals surface area contributed by atoms with Gasteiger partial charge in [0.15, 0.2) is 0 Å². The lowest BCUT2D eigenvalue weighted by Crippen LogP contribution is -2.29. The summed E-state index contributed by atoms with van der Waals surface area (Å²) in [5, 5.41) is 27.3. The smallest absolute Gasteiger partial charge is 0.423 e. The summed E-state index contributed by atoms with van der Waals surface area (Å²) in [5.41, 5.74) is 15.5. The fraction of sp³-hybridized carbons (Fsp3) is 0. The van der Waals surface area contributed by atoms with Gasteiger partial charge in [0.05, 0.1) is 0 Å². The summed E-state index contributed by atoms with van der Waals surface area (Å²) < 4.78 is 2.18. The Hall–Kier alpha value is -8.16. The molecule has 0 atom stereocenters. The summed E-state index contributed by atoms with van der Waals surface area (Å²) in [6, 6.07) is 100. The van der Waals surface area contributed by atoms with Gasteiger partial charge in [0.1, 0.15) is 0 Å². The molecule has 0 saturated carbocycles. The van der Waals surface area contributed by atoms with E-state index in [1.165, 1.54) is 110 Å². The molecule has 0 aliphatic carbocycles. The van der Waals surface area contributed by atoms with E-state index in [1.807, 2.05) is 6.07 Å². The van der Waals surface area contributed by atoms with E-state index < -0.39 is 7.12 Å². The van der Waals surface area contributed by atoms with Crippen molar-refractivity contribution in [1.29, 1.82) is 0 Å². The summed E-state index contributed by atoms with van der Waals surface area (Å²) >= 11 is 7.38. The van der Waals surface area contributed by atoms with E-state index >= 15 is 0 Å². The zero-order valence-corrected chi connectivity index (χ0v) is 44.0. The largest absolute Gasteiger partial charge is 0.488 e. The lowest BCUT2D eigenvalue weighted by Gasteiger charge is -2.19. The lowest BCUT2D eigenvalue weighted by molar-refractivity contribution is 0.426. The molecule has 2 N–H and O–H groups in total. The van der Waals surface area contributed by atoms with Crippen molar-refractivity contribution in [3.63, 3.8) is 0 Å². The highest BCUT2D eigenvalue weighted by atomic mass is 79.9. The van der Waals surface area contributed by atoms with E-state index in [0.29, 0.717) is 5.46 Å². The molecule has 2 nitrogen and oxygen atoms in total. The molecule has 0 aliphatic rings. The predicted octanol–water partition coefficient (Wildman–Crippen LogP) is 18.9. The Morgan fingerprint density at radius 2 is 0.453 bits per heavy atom. The van der Waals surface area contributed by atoms with Gasteiger partial charge in [-0.3, -0.25) is 0 Å². The third kappa shape index (κ3) is 10.5. The molecule has 0 fully saturated rings. The topological polar surface area (TPSA) is 40.5 Å². The van der Waals surface area contributed by atoms with Crippen LogP contribution in [0.3, 0.4) is 0 Å². The molecule has 0 saturated heterocycles. The van der Waals surface area contributed by atoms with Crippen molar-refractivity contribution in [3.8, 4) is 66.8 Å². The van der Waals surface area contributed by atoms with Crippen LogP contribution in [0, 0.1) is 0 Å². The summed E-state index contributed by atoms with van der Waals surface area (Å²) in [6.07, 6.45) is 0. The predicted molar refractivity (Wildman–Crippen MR) is 327 cm³/mol. The minimum absolute atomic E-state index is 0.525. The van der Waals surface area contributed by atoms with E-state index in [0.717, 1.165) is 8.95 Å². The van der Waals surface area contributed by atoms with Gasteiger partial charge in [0.2, 0.25) is 0 Å². The molecule has 0 amide bonds. The van der Waals surface area contributed by atoms with Gasteiger partial charge in [-0.05, 0) is 152 Å². The molecule has 0 unspecified atom stereocenters. The minimum atomic E-state index is -1.34. The number of benzene rings is 13. The highest BCUT2D eigenvalue weighted by Gasteiger charge is 2.20. The van der Waals surface area contributed by atoms with E-state index in [9.17, 15) is 0 Å². The van der Waals surface area contributed by atoms with Gasteiger partial charge in [-0.15, -0.1) is 0 Å². The molecule has 358 valence electrons. The fourth-order valence-electron chi connectivity index (χ4n) is 10.3. The van der Waals surface area contributed by atoms with Crippen LogP contribution in [0.2, 0.25) is 0 Å². The van der Waals surface area contributed by atoms with Crippen molar-refractivity contribution in [1.82, 2.24) is 0 Å². The van der Waals surface area contributed by atoms with Gasteiger partial charge < -0.3 is 10.0 Å². The highest BCUT2D eigenvalue weighted by Crippen LogP contribution is 2.47. The highest BCUT2D eigenvalue weighted by molar-refractivity contribution is 9.10. The number of halogens is 2. The lowest BCUT2D eigenvalue weighted by atomic mass is 9.81. The standard InChI is InChI=1S/C38H26.C26H16Br2.C6H7BO2/c1-5-13-27(14-6-1)31-21-23-33-35(25-31)38(30-19-11-4-12-20-30)36-26-32(28-15-7-2-8-16-28)22-24-34(36)37(33)29-17-9-3-10-18-29;27-19-11-13-21-23(15-19)26(18-9-5-2-6-10-18)24-16-20(28)12-14-22(24)25(21)17-7-3-1-4-8-17;8-7(9)6-4-2-1-3-5-6/h1-26H;1-16H;1-5,8-9H. The molecule has 0 aliphatic heterocycles. The maximum absolute atomic E-state index is 8.58. The van der Waals surface area contributed by atoms with Crippen molar-refractivity contribution >= 4 is 87.5 Å². The minimum Gasteiger partial charge on any atom is -0.423 e. The monoisotopic (exact) mass is 1090 g/mol. The second-order valence-electron chi connectivity index (χ2n) is 18.4. The van der Waals surface area contributed by atoms with Gasteiger partial charge in [-0.25, -0.2) is 0 Å².